The van der Waals surface area contributed by atoms with Gasteiger partial charge >= 0.3 is 0 Å². The van der Waals surface area contributed by atoms with Crippen LogP contribution in [0.25, 0.3) is 0 Å². The molecule has 3 aromatic rings. The van der Waals surface area contributed by atoms with E-state index in [0.717, 1.165) is 53.8 Å². The Morgan fingerprint density at radius 1 is 0.971 bits per heavy atom. The highest BCUT2D eigenvalue weighted by atomic mass is 16.2. The molecule has 3 atom stereocenters. The molecule has 3 unspecified atom stereocenters. The van der Waals surface area contributed by atoms with Crippen molar-refractivity contribution < 1.29 is 9.28 Å². The van der Waals surface area contributed by atoms with E-state index in [9.17, 15) is 4.79 Å². The van der Waals surface area contributed by atoms with Gasteiger partial charge in [0.1, 0.15) is 6.54 Å². The van der Waals surface area contributed by atoms with Crippen LogP contribution in [0.5, 0.6) is 0 Å². The van der Waals surface area contributed by atoms with E-state index in [-0.39, 0.29) is 11.9 Å². The van der Waals surface area contributed by atoms with E-state index in [1.54, 1.807) is 0 Å². The molecule has 1 N–H and O–H groups in total. The highest BCUT2D eigenvalue weighted by Crippen LogP contribution is 2.36. The van der Waals surface area contributed by atoms with E-state index >= 15 is 0 Å². The van der Waals surface area contributed by atoms with Crippen molar-refractivity contribution in [3.63, 3.8) is 0 Å². The van der Waals surface area contributed by atoms with Crippen LogP contribution in [0.2, 0.25) is 0 Å². The summed E-state index contributed by atoms with van der Waals surface area (Å²) in [4.78, 5) is 13.9. The molecule has 1 amide bonds. The van der Waals surface area contributed by atoms with Crippen molar-refractivity contribution >= 4 is 11.6 Å². The number of benzene rings is 3. The molecule has 0 aromatic heterocycles. The van der Waals surface area contributed by atoms with Gasteiger partial charge in [-0.25, -0.2) is 0 Å². The lowest BCUT2D eigenvalue weighted by atomic mass is 9.86. The highest BCUT2D eigenvalue weighted by Gasteiger charge is 2.45. The molecular formula is C31H39N2O+. The molecule has 0 bridgehead atoms. The molecule has 178 valence electrons. The number of quaternary nitrogens is 1. The van der Waals surface area contributed by atoms with Crippen molar-refractivity contribution in [1.29, 1.82) is 0 Å². The Kier molecular flexibility index (Phi) is 7.53. The number of amides is 1. The minimum absolute atomic E-state index is 0.0916. The average Bonchev–Trinajstić information content (AvgIpc) is 2.83. The summed E-state index contributed by atoms with van der Waals surface area (Å²) < 4.78 is 0.816. The molecule has 1 heterocycles. The molecule has 1 fully saturated rings. The second-order valence-electron chi connectivity index (χ2n) is 10.2. The highest BCUT2D eigenvalue weighted by molar-refractivity contribution is 5.95. The first-order chi connectivity index (χ1) is 16.4. The molecule has 1 aliphatic heterocycles. The zero-order valence-electron chi connectivity index (χ0n) is 21.2. The van der Waals surface area contributed by atoms with Crippen molar-refractivity contribution in [2.75, 3.05) is 18.4 Å². The minimum atomic E-state index is -0.0916. The molecule has 0 aliphatic carbocycles. The van der Waals surface area contributed by atoms with Crippen LogP contribution in [0.15, 0.2) is 72.8 Å². The second-order valence-corrected chi connectivity index (χ2v) is 10.2. The summed E-state index contributed by atoms with van der Waals surface area (Å²) in [6, 6.07) is 25.8. The molecular weight excluding hydrogens is 416 g/mol. The van der Waals surface area contributed by atoms with E-state index in [2.05, 4.69) is 106 Å². The maximum Gasteiger partial charge on any atom is 0.282 e. The number of likely N-dealkylation sites (tertiary alicyclic amines) is 1. The normalized spacial score (nSPS) is 21.1. The molecule has 1 aliphatic rings. The summed E-state index contributed by atoms with van der Waals surface area (Å²) >= 11 is 0. The lowest BCUT2D eigenvalue weighted by Crippen LogP contribution is -2.62. The van der Waals surface area contributed by atoms with Crippen molar-refractivity contribution in [1.82, 2.24) is 0 Å². The molecule has 1 saturated heterocycles. The fraction of sp³-hybridized carbons (Fsp3) is 0.387. The first kappa shape index (κ1) is 24.2. The number of para-hydroxylation sites is 1. The van der Waals surface area contributed by atoms with Crippen molar-refractivity contribution in [3.8, 4) is 0 Å². The first-order valence-electron chi connectivity index (χ1n) is 12.7. The summed E-state index contributed by atoms with van der Waals surface area (Å²) in [6.45, 7) is 11.4. The van der Waals surface area contributed by atoms with Crippen LogP contribution >= 0.6 is 0 Å². The van der Waals surface area contributed by atoms with E-state index in [1.807, 2.05) is 0 Å². The second kappa shape index (κ2) is 10.6. The zero-order valence-corrected chi connectivity index (χ0v) is 21.2. The van der Waals surface area contributed by atoms with Gasteiger partial charge < -0.3 is 9.80 Å². The molecule has 34 heavy (non-hydrogen) atoms. The fourth-order valence-electron chi connectivity index (χ4n) is 6.02. The van der Waals surface area contributed by atoms with Crippen molar-refractivity contribution in [2.24, 2.45) is 0 Å². The van der Waals surface area contributed by atoms with Crippen LogP contribution in [-0.4, -0.2) is 29.5 Å². The van der Waals surface area contributed by atoms with E-state index < -0.39 is 0 Å². The van der Waals surface area contributed by atoms with Gasteiger partial charge in [-0.2, -0.15) is 0 Å². The summed E-state index contributed by atoms with van der Waals surface area (Å²) in [5, 5.41) is 3.35. The number of hydrogen-bond acceptors (Lipinski definition) is 1. The predicted molar refractivity (Wildman–Crippen MR) is 142 cm³/mol. The third kappa shape index (κ3) is 5.26. The van der Waals surface area contributed by atoms with Crippen molar-refractivity contribution in [2.45, 2.75) is 65.5 Å². The molecule has 4 rings (SSSR count). The van der Waals surface area contributed by atoms with Crippen LogP contribution < -0.4 is 5.32 Å². The average molecular weight is 456 g/mol. The quantitative estimate of drug-likeness (QED) is 0.385. The smallest absolute Gasteiger partial charge is 0.282 e. The lowest BCUT2D eigenvalue weighted by Gasteiger charge is -2.49. The Morgan fingerprint density at radius 3 is 2.35 bits per heavy atom. The van der Waals surface area contributed by atoms with Gasteiger partial charge in [0.15, 0.2) is 6.04 Å². The molecule has 3 nitrogen and oxygen atoms in total. The lowest BCUT2D eigenvalue weighted by molar-refractivity contribution is -0.960. The molecule has 3 heteroatoms. The zero-order chi connectivity index (χ0) is 24.1. The number of piperidine rings is 1. The van der Waals surface area contributed by atoms with Gasteiger partial charge in [-0.15, -0.1) is 0 Å². The Hall–Kier alpha value is -2.91. The number of rotatable bonds is 7. The molecule has 0 radical (unpaired) electrons. The topological polar surface area (TPSA) is 29.1 Å². The summed E-state index contributed by atoms with van der Waals surface area (Å²) in [7, 11) is 0. The number of carbonyl (C=O) groups is 1. The number of hydrogen-bond donors (Lipinski definition) is 1. The third-order valence-corrected chi connectivity index (χ3v) is 7.67. The van der Waals surface area contributed by atoms with Gasteiger partial charge in [0.25, 0.3) is 5.91 Å². The van der Waals surface area contributed by atoms with Gasteiger partial charge in [-0.05, 0) is 50.3 Å². The molecule has 0 saturated carbocycles. The Bertz CT molecular complexity index is 1100. The maximum atomic E-state index is 13.9. The maximum absolute atomic E-state index is 13.9. The van der Waals surface area contributed by atoms with Gasteiger partial charge in [-0.1, -0.05) is 85.3 Å². The van der Waals surface area contributed by atoms with Crippen LogP contribution in [0.1, 0.15) is 59.9 Å². The number of nitrogens with zero attached hydrogens (tertiary/aromatic N) is 1. The fourth-order valence-corrected chi connectivity index (χ4v) is 6.02. The third-order valence-electron chi connectivity index (χ3n) is 7.67. The van der Waals surface area contributed by atoms with E-state index in [1.165, 1.54) is 23.1 Å². The first-order valence-corrected chi connectivity index (χ1v) is 12.7. The van der Waals surface area contributed by atoms with Crippen LogP contribution in [0.4, 0.5) is 5.69 Å². The molecule has 3 aromatic carbocycles. The number of aryl methyl sites for hydroxylation is 3. The Morgan fingerprint density at radius 2 is 1.68 bits per heavy atom. The van der Waals surface area contributed by atoms with Crippen LogP contribution in [0.3, 0.4) is 0 Å². The standard InChI is InChI=1S/C31H38N2O/c1-5-29(31(34)32-30-24(3)13-10-14-25(30)4)33(21-26-15-9-12-23(2)20-26)19-11-18-28(22-33)27-16-7-6-8-17-27/h6-10,12-17,20,28-29H,5,11,18-19,21-22H2,1-4H3/p+1. The summed E-state index contributed by atoms with van der Waals surface area (Å²) in [5.74, 6) is 0.628. The SMILES string of the molecule is CCC(C(=O)Nc1c(C)cccc1C)[N+]1(Cc2cccc(C)c2)CCCC(c2ccccc2)C1. The van der Waals surface area contributed by atoms with Gasteiger partial charge in [0, 0.05) is 23.6 Å². The van der Waals surface area contributed by atoms with Crippen LogP contribution in [-0.2, 0) is 11.3 Å². The van der Waals surface area contributed by atoms with E-state index in [4.69, 9.17) is 0 Å². The van der Waals surface area contributed by atoms with Gasteiger partial charge in [0.05, 0.1) is 13.1 Å². The number of carbonyl (C=O) groups excluding carboxylic acids is 1. The van der Waals surface area contributed by atoms with Gasteiger partial charge in [0.2, 0.25) is 0 Å². The number of anilines is 1. The molecule has 0 spiro atoms. The summed E-state index contributed by atoms with van der Waals surface area (Å²) in [5.41, 5.74) is 7.21. The Labute approximate surface area is 205 Å². The van der Waals surface area contributed by atoms with Crippen molar-refractivity contribution in [3.05, 3.63) is 101 Å². The monoisotopic (exact) mass is 455 g/mol. The number of nitrogens with one attached hydrogen (secondary N) is 1. The van der Waals surface area contributed by atoms with Crippen LogP contribution in [0, 0.1) is 20.8 Å². The predicted octanol–water partition coefficient (Wildman–Crippen LogP) is 6.92. The summed E-state index contributed by atoms with van der Waals surface area (Å²) in [6.07, 6.45) is 3.15. The van der Waals surface area contributed by atoms with E-state index in [0.29, 0.717) is 5.92 Å². The van der Waals surface area contributed by atoms with Gasteiger partial charge in [-0.3, -0.25) is 4.79 Å². The Balaban J connectivity index is 1.70. The minimum Gasteiger partial charge on any atom is -0.320 e. The largest absolute Gasteiger partial charge is 0.320 e.